The molecular weight excluding hydrogens is 292 g/mol. The summed E-state index contributed by atoms with van der Waals surface area (Å²) in [6.07, 6.45) is 1.73. The molecule has 2 N–H and O–H groups in total. The van der Waals surface area contributed by atoms with Crippen LogP contribution in [0, 0.1) is 6.92 Å². The van der Waals surface area contributed by atoms with Crippen LogP contribution in [0.2, 0.25) is 0 Å². The SMILES string of the molecule is Cc1c(C=Nc2ccc(O)c(C(=O)O)c2)c2ccccc2n1C. The van der Waals surface area contributed by atoms with Gasteiger partial charge < -0.3 is 14.8 Å². The van der Waals surface area contributed by atoms with Crippen molar-refractivity contribution in [3.8, 4) is 5.75 Å². The minimum Gasteiger partial charge on any atom is -0.507 e. The van der Waals surface area contributed by atoms with Crippen LogP contribution < -0.4 is 0 Å². The van der Waals surface area contributed by atoms with E-state index in [1.165, 1.54) is 12.1 Å². The molecule has 5 nitrogen and oxygen atoms in total. The van der Waals surface area contributed by atoms with Crippen molar-refractivity contribution in [2.24, 2.45) is 12.0 Å². The van der Waals surface area contributed by atoms with Crippen molar-refractivity contribution in [2.45, 2.75) is 6.92 Å². The second-order valence-electron chi connectivity index (χ2n) is 5.34. The van der Waals surface area contributed by atoms with Crippen LogP contribution in [0.3, 0.4) is 0 Å². The first kappa shape index (κ1) is 14.8. The lowest BCUT2D eigenvalue weighted by Gasteiger charge is -2.01. The first-order valence-electron chi connectivity index (χ1n) is 7.13. The van der Waals surface area contributed by atoms with Crippen LogP contribution >= 0.6 is 0 Å². The Kier molecular flexibility index (Phi) is 3.62. The lowest BCUT2D eigenvalue weighted by Crippen LogP contribution is -1.96. The van der Waals surface area contributed by atoms with Crippen molar-refractivity contribution in [1.82, 2.24) is 4.57 Å². The molecular formula is C18H16N2O3. The van der Waals surface area contributed by atoms with E-state index in [1.807, 2.05) is 38.2 Å². The van der Waals surface area contributed by atoms with Gasteiger partial charge in [0.25, 0.3) is 0 Å². The van der Waals surface area contributed by atoms with Gasteiger partial charge in [-0.3, -0.25) is 4.99 Å². The number of hydrogen-bond donors (Lipinski definition) is 2. The molecule has 0 radical (unpaired) electrons. The lowest BCUT2D eigenvalue weighted by molar-refractivity contribution is 0.0694. The molecule has 0 amide bonds. The molecule has 0 aliphatic heterocycles. The number of aliphatic imine (C=N–C) groups is 1. The largest absolute Gasteiger partial charge is 0.507 e. The van der Waals surface area contributed by atoms with Crippen molar-refractivity contribution in [3.05, 3.63) is 59.3 Å². The van der Waals surface area contributed by atoms with E-state index in [0.717, 1.165) is 22.2 Å². The highest BCUT2D eigenvalue weighted by molar-refractivity contribution is 6.02. The minimum atomic E-state index is -1.18. The first-order chi connectivity index (χ1) is 11.0. The Morgan fingerprint density at radius 2 is 1.96 bits per heavy atom. The van der Waals surface area contributed by atoms with Gasteiger partial charge in [-0.1, -0.05) is 18.2 Å². The molecule has 0 saturated carbocycles. The Balaban J connectivity index is 2.06. The van der Waals surface area contributed by atoms with Gasteiger partial charge in [-0.05, 0) is 31.2 Å². The van der Waals surface area contributed by atoms with Crippen molar-refractivity contribution >= 4 is 28.8 Å². The van der Waals surface area contributed by atoms with Crippen molar-refractivity contribution in [2.75, 3.05) is 0 Å². The quantitative estimate of drug-likeness (QED) is 0.725. The van der Waals surface area contributed by atoms with Gasteiger partial charge in [0.2, 0.25) is 0 Å². The fourth-order valence-corrected chi connectivity index (χ4v) is 2.63. The summed E-state index contributed by atoms with van der Waals surface area (Å²) in [5, 5.41) is 19.7. The molecule has 0 aliphatic rings. The maximum atomic E-state index is 11.1. The fourth-order valence-electron chi connectivity index (χ4n) is 2.63. The van der Waals surface area contributed by atoms with E-state index in [-0.39, 0.29) is 11.3 Å². The highest BCUT2D eigenvalue weighted by atomic mass is 16.4. The number of carboxylic acid groups (broad SMARTS) is 1. The number of aromatic nitrogens is 1. The topological polar surface area (TPSA) is 74.8 Å². The second-order valence-corrected chi connectivity index (χ2v) is 5.34. The predicted molar refractivity (Wildman–Crippen MR) is 90.0 cm³/mol. The van der Waals surface area contributed by atoms with E-state index in [0.29, 0.717) is 5.69 Å². The molecule has 5 heteroatoms. The average Bonchev–Trinajstić information content (AvgIpc) is 2.78. The van der Waals surface area contributed by atoms with Gasteiger partial charge in [-0.15, -0.1) is 0 Å². The van der Waals surface area contributed by atoms with Gasteiger partial charge in [0.15, 0.2) is 0 Å². The molecule has 0 fully saturated rings. The number of benzene rings is 2. The number of carboxylic acids is 1. The van der Waals surface area contributed by atoms with Crippen LogP contribution in [0.25, 0.3) is 10.9 Å². The van der Waals surface area contributed by atoms with Crippen LogP contribution in [0.5, 0.6) is 5.75 Å². The number of fused-ring (bicyclic) bond motifs is 1. The maximum absolute atomic E-state index is 11.1. The van der Waals surface area contributed by atoms with Crippen molar-refractivity contribution < 1.29 is 15.0 Å². The summed E-state index contributed by atoms with van der Waals surface area (Å²) in [4.78, 5) is 15.4. The first-order valence-corrected chi connectivity index (χ1v) is 7.13. The number of aryl methyl sites for hydroxylation is 1. The van der Waals surface area contributed by atoms with Gasteiger partial charge in [0.05, 0.1) is 5.69 Å². The second kappa shape index (κ2) is 5.61. The number of phenols is 1. The van der Waals surface area contributed by atoms with Crippen LogP contribution in [0.15, 0.2) is 47.5 Å². The summed E-state index contributed by atoms with van der Waals surface area (Å²) in [6.45, 7) is 2.01. The summed E-state index contributed by atoms with van der Waals surface area (Å²) >= 11 is 0. The molecule has 0 aliphatic carbocycles. The maximum Gasteiger partial charge on any atom is 0.339 e. The number of carbonyl (C=O) groups is 1. The van der Waals surface area contributed by atoms with Crippen LogP contribution in [0.1, 0.15) is 21.6 Å². The molecule has 0 bridgehead atoms. The van der Waals surface area contributed by atoms with Gasteiger partial charge in [0.1, 0.15) is 11.3 Å². The Morgan fingerprint density at radius 1 is 1.22 bits per heavy atom. The number of aromatic hydroxyl groups is 1. The molecule has 0 saturated heterocycles. The standard InChI is InChI=1S/C18H16N2O3/c1-11-15(13-5-3-4-6-16(13)20(11)2)10-19-12-7-8-17(21)14(9-12)18(22)23/h3-10,21H,1-2H3,(H,22,23). The molecule has 1 aromatic heterocycles. The molecule has 3 rings (SSSR count). The van der Waals surface area contributed by atoms with Gasteiger partial charge >= 0.3 is 5.97 Å². The third-order valence-electron chi connectivity index (χ3n) is 4.00. The van der Waals surface area contributed by atoms with E-state index in [2.05, 4.69) is 9.56 Å². The van der Waals surface area contributed by atoms with E-state index in [9.17, 15) is 9.90 Å². The molecule has 3 aromatic rings. The molecule has 0 unspecified atom stereocenters. The molecule has 1 heterocycles. The zero-order chi connectivity index (χ0) is 16.6. The lowest BCUT2D eigenvalue weighted by atomic mass is 10.1. The van der Waals surface area contributed by atoms with Gasteiger partial charge in [-0.2, -0.15) is 0 Å². The van der Waals surface area contributed by atoms with Crippen LogP contribution in [0.4, 0.5) is 5.69 Å². The smallest absolute Gasteiger partial charge is 0.339 e. The normalized spacial score (nSPS) is 11.4. The minimum absolute atomic E-state index is 0.158. The monoisotopic (exact) mass is 308 g/mol. The number of nitrogens with zero attached hydrogens (tertiary/aromatic N) is 2. The summed E-state index contributed by atoms with van der Waals surface area (Å²) in [5.74, 6) is -1.45. The summed E-state index contributed by atoms with van der Waals surface area (Å²) < 4.78 is 2.09. The highest BCUT2D eigenvalue weighted by Crippen LogP contribution is 2.26. The Morgan fingerprint density at radius 3 is 2.70 bits per heavy atom. The molecule has 2 aromatic carbocycles. The van der Waals surface area contributed by atoms with E-state index < -0.39 is 5.97 Å². The third kappa shape index (κ3) is 2.57. The van der Waals surface area contributed by atoms with Gasteiger partial charge in [-0.25, -0.2) is 4.79 Å². The van der Waals surface area contributed by atoms with Crippen LogP contribution in [-0.4, -0.2) is 27.0 Å². The molecule has 23 heavy (non-hydrogen) atoms. The third-order valence-corrected chi connectivity index (χ3v) is 4.00. The van der Waals surface area contributed by atoms with E-state index in [1.54, 1.807) is 12.3 Å². The van der Waals surface area contributed by atoms with E-state index in [4.69, 9.17) is 5.11 Å². The highest BCUT2D eigenvalue weighted by Gasteiger charge is 2.11. The van der Waals surface area contributed by atoms with Crippen molar-refractivity contribution in [3.63, 3.8) is 0 Å². The van der Waals surface area contributed by atoms with E-state index >= 15 is 0 Å². The summed E-state index contributed by atoms with van der Waals surface area (Å²) in [6, 6.07) is 12.3. The zero-order valence-electron chi connectivity index (χ0n) is 12.8. The van der Waals surface area contributed by atoms with Gasteiger partial charge in [0, 0.05) is 35.4 Å². The Bertz CT molecular complexity index is 939. The predicted octanol–water partition coefficient (Wildman–Crippen LogP) is 3.64. The average molecular weight is 308 g/mol. The van der Waals surface area contributed by atoms with Crippen LogP contribution in [-0.2, 0) is 7.05 Å². The molecule has 0 atom stereocenters. The molecule has 0 spiro atoms. The Labute approximate surface area is 133 Å². The summed E-state index contributed by atoms with van der Waals surface area (Å²) in [7, 11) is 2.00. The number of rotatable bonds is 3. The number of hydrogen-bond acceptors (Lipinski definition) is 3. The van der Waals surface area contributed by atoms with Crippen molar-refractivity contribution in [1.29, 1.82) is 0 Å². The Hall–Kier alpha value is -3.08. The zero-order valence-corrected chi connectivity index (χ0v) is 12.8. The number of para-hydroxylation sites is 1. The summed E-state index contributed by atoms with van der Waals surface area (Å²) in [5.41, 5.74) is 3.51. The fraction of sp³-hybridized carbons (Fsp3) is 0.111. The molecule has 116 valence electrons. The number of aromatic carboxylic acids is 1.